The molecule has 0 saturated carbocycles. The van der Waals surface area contributed by atoms with Crippen LogP contribution >= 0.6 is 0 Å². The van der Waals surface area contributed by atoms with Crippen molar-refractivity contribution in [2.75, 3.05) is 46.6 Å². The Bertz CT molecular complexity index is 509. The van der Waals surface area contributed by atoms with Gasteiger partial charge in [0.25, 0.3) is 0 Å². The van der Waals surface area contributed by atoms with Crippen LogP contribution in [0.3, 0.4) is 0 Å². The van der Waals surface area contributed by atoms with Crippen LogP contribution in [0.25, 0.3) is 0 Å². The molecule has 0 bridgehead atoms. The van der Waals surface area contributed by atoms with Crippen molar-refractivity contribution in [3.8, 4) is 0 Å². The molecule has 26 heavy (non-hydrogen) atoms. The highest BCUT2D eigenvalue weighted by Gasteiger charge is 2.02. The van der Waals surface area contributed by atoms with Gasteiger partial charge in [0.05, 0.1) is 13.2 Å². The highest BCUT2D eigenvalue weighted by atomic mass is 16.5. The fraction of sp³-hybridized carbons (Fsp3) is 0.579. The van der Waals surface area contributed by atoms with Gasteiger partial charge in [-0.25, -0.2) is 0 Å². The van der Waals surface area contributed by atoms with Crippen LogP contribution in [0.1, 0.15) is 25.3 Å². The average Bonchev–Trinajstić information content (AvgIpc) is 2.66. The molecule has 0 radical (unpaired) electrons. The van der Waals surface area contributed by atoms with Gasteiger partial charge in [0.2, 0.25) is 5.91 Å². The second kappa shape index (κ2) is 15.2. The van der Waals surface area contributed by atoms with Crippen molar-refractivity contribution in [3.05, 3.63) is 35.9 Å². The van der Waals surface area contributed by atoms with Crippen molar-refractivity contribution in [1.29, 1.82) is 0 Å². The Balaban J connectivity index is 2.16. The number of carbonyl (C=O) groups excluding carboxylic acids is 1. The van der Waals surface area contributed by atoms with E-state index < -0.39 is 0 Å². The molecule has 0 spiro atoms. The smallest absolute Gasteiger partial charge is 0.222 e. The van der Waals surface area contributed by atoms with Crippen LogP contribution < -0.4 is 16.0 Å². The summed E-state index contributed by atoms with van der Waals surface area (Å²) in [7, 11) is 1.66. The molecule has 7 nitrogen and oxygen atoms in total. The van der Waals surface area contributed by atoms with Crippen molar-refractivity contribution in [3.63, 3.8) is 0 Å². The van der Waals surface area contributed by atoms with Gasteiger partial charge < -0.3 is 25.4 Å². The molecule has 1 amide bonds. The molecule has 0 aromatic heterocycles. The highest BCUT2D eigenvalue weighted by Crippen LogP contribution is 1.97. The summed E-state index contributed by atoms with van der Waals surface area (Å²) in [6.45, 7) is 6.43. The van der Waals surface area contributed by atoms with E-state index in [0.717, 1.165) is 24.5 Å². The van der Waals surface area contributed by atoms with Crippen LogP contribution in [0.4, 0.5) is 0 Å². The maximum Gasteiger partial charge on any atom is 0.222 e. The van der Waals surface area contributed by atoms with Gasteiger partial charge in [-0.15, -0.1) is 0 Å². The molecule has 0 atom stereocenters. The summed E-state index contributed by atoms with van der Waals surface area (Å²) in [6.07, 6.45) is 1.25. The first-order chi connectivity index (χ1) is 12.8. The van der Waals surface area contributed by atoms with E-state index >= 15 is 0 Å². The molecule has 146 valence electrons. The van der Waals surface area contributed by atoms with Crippen LogP contribution in [0, 0.1) is 0 Å². The largest absolute Gasteiger partial charge is 0.382 e. The summed E-state index contributed by atoms with van der Waals surface area (Å²) in [5.41, 5.74) is 1.09. The minimum atomic E-state index is 0.0174. The van der Waals surface area contributed by atoms with Crippen molar-refractivity contribution < 1.29 is 14.3 Å². The lowest BCUT2D eigenvalue weighted by Crippen LogP contribution is -2.39. The number of guanidine groups is 1. The molecule has 1 aromatic rings. The van der Waals surface area contributed by atoms with E-state index in [-0.39, 0.29) is 5.91 Å². The first-order valence-corrected chi connectivity index (χ1v) is 9.15. The van der Waals surface area contributed by atoms with Crippen molar-refractivity contribution in [2.45, 2.75) is 26.3 Å². The topological polar surface area (TPSA) is 84.0 Å². The normalized spacial score (nSPS) is 11.2. The van der Waals surface area contributed by atoms with Gasteiger partial charge in [0, 0.05) is 46.3 Å². The number of nitrogens with one attached hydrogen (secondary N) is 3. The van der Waals surface area contributed by atoms with Gasteiger partial charge in [-0.1, -0.05) is 30.3 Å². The Morgan fingerprint density at radius 1 is 1.08 bits per heavy atom. The SMILES string of the molecule is CCNC(=NCCCOCCOC)NCCC(=O)NCc1ccccc1. The Hall–Kier alpha value is -2.12. The zero-order valence-electron chi connectivity index (χ0n) is 15.9. The van der Waals surface area contributed by atoms with Crippen LogP contribution in [-0.4, -0.2) is 58.4 Å². The minimum absolute atomic E-state index is 0.0174. The Morgan fingerprint density at radius 3 is 2.62 bits per heavy atom. The lowest BCUT2D eigenvalue weighted by molar-refractivity contribution is -0.121. The van der Waals surface area contributed by atoms with E-state index in [4.69, 9.17) is 9.47 Å². The lowest BCUT2D eigenvalue weighted by atomic mass is 10.2. The lowest BCUT2D eigenvalue weighted by Gasteiger charge is -2.11. The molecular formula is C19H32N4O3. The number of amides is 1. The molecule has 7 heteroatoms. The third-order valence-corrected chi connectivity index (χ3v) is 3.47. The monoisotopic (exact) mass is 364 g/mol. The Labute approximate surface area is 156 Å². The second-order valence-corrected chi connectivity index (χ2v) is 5.66. The summed E-state index contributed by atoms with van der Waals surface area (Å²) in [5.74, 6) is 0.740. The first kappa shape index (κ1) is 21.9. The summed E-state index contributed by atoms with van der Waals surface area (Å²) in [6, 6.07) is 9.87. The number of nitrogens with zero attached hydrogens (tertiary/aromatic N) is 1. The van der Waals surface area contributed by atoms with E-state index in [1.807, 2.05) is 37.3 Å². The molecule has 1 aromatic carbocycles. The molecule has 0 fully saturated rings. The number of hydrogen-bond donors (Lipinski definition) is 3. The van der Waals surface area contributed by atoms with Gasteiger partial charge in [0.1, 0.15) is 0 Å². The standard InChI is InChI=1S/C19H32N4O3/c1-3-20-19(21-11-7-13-26-15-14-25-2)22-12-10-18(24)23-16-17-8-5-4-6-9-17/h4-6,8-9H,3,7,10-16H2,1-2H3,(H,23,24)(H2,20,21,22). The fourth-order valence-electron chi connectivity index (χ4n) is 2.12. The van der Waals surface area contributed by atoms with Gasteiger partial charge >= 0.3 is 0 Å². The van der Waals surface area contributed by atoms with E-state index in [1.165, 1.54) is 0 Å². The molecule has 1 rings (SSSR count). The maximum atomic E-state index is 11.9. The number of rotatable bonds is 13. The molecule has 0 aliphatic heterocycles. The number of aliphatic imine (C=N–C) groups is 1. The first-order valence-electron chi connectivity index (χ1n) is 9.15. The number of carbonyl (C=O) groups is 1. The summed E-state index contributed by atoms with van der Waals surface area (Å²) in [5, 5.41) is 9.27. The summed E-state index contributed by atoms with van der Waals surface area (Å²) < 4.78 is 10.3. The molecule has 3 N–H and O–H groups in total. The number of benzene rings is 1. The minimum Gasteiger partial charge on any atom is -0.382 e. The van der Waals surface area contributed by atoms with Gasteiger partial charge in [-0.3, -0.25) is 9.79 Å². The van der Waals surface area contributed by atoms with Crippen molar-refractivity contribution >= 4 is 11.9 Å². The Morgan fingerprint density at radius 2 is 1.88 bits per heavy atom. The molecule has 0 unspecified atom stereocenters. The van der Waals surface area contributed by atoms with Crippen LogP contribution in [-0.2, 0) is 20.8 Å². The molecule has 0 heterocycles. The summed E-state index contributed by atoms with van der Waals surface area (Å²) in [4.78, 5) is 16.4. The molecule has 0 aliphatic rings. The zero-order valence-corrected chi connectivity index (χ0v) is 15.9. The van der Waals surface area contributed by atoms with E-state index in [9.17, 15) is 4.79 Å². The quantitative estimate of drug-likeness (QED) is 0.279. The summed E-state index contributed by atoms with van der Waals surface area (Å²) >= 11 is 0. The second-order valence-electron chi connectivity index (χ2n) is 5.66. The van der Waals surface area contributed by atoms with E-state index in [2.05, 4.69) is 20.9 Å². The van der Waals surface area contributed by atoms with Crippen LogP contribution in [0.5, 0.6) is 0 Å². The van der Waals surface area contributed by atoms with E-state index in [1.54, 1.807) is 7.11 Å². The number of methoxy groups -OCH3 is 1. The zero-order chi connectivity index (χ0) is 18.9. The highest BCUT2D eigenvalue weighted by molar-refractivity contribution is 5.81. The third kappa shape index (κ3) is 11.4. The van der Waals surface area contributed by atoms with Crippen molar-refractivity contribution in [1.82, 2.24) is 16.0 Å². The van der Waals surface area contributed by atoms with E-state index in [0.29, 0.717) is 45.9 Å². The molecular weight excluding hydrogens is 332 g/mol. The predicted molar refractivity (Wildman–Crippen MR) is 104 cm³/mol. The predicted octanol–water partition coefficient (Wildman–Crippen LogP) is 1.30. The average molecular weight is 364 g/mol. The van der Waals surface area contributed by atoms with Gasteiger partial charge in [-0.2, -0.15) is 0 Å². The Kier molecular flexibility index (Phi) is 12.8. The number of ether oxygens (including phenoxy) is 2. The fourth-order valence-corrected chi connectivity index (χ4v) is 2.12. The third-order valence-electron chi connectivity index (χ3n) is 3.47. The molecule has 0 saturated heterocycles. The maximum absolute atomic E-state index is 11.9. The van der Waals surface area contributed by atoms with Crippen molar-refractivity contribution in [2.24, 2.45) is 4.99 Å². The van der Waals surface area contributed by atoms with Crippen LogP contribution in [0.2, 0.25) is 0 Å². The molecule has 0 aliphatic carbocycles. The van der Waals surface area contributed by atoms with Gasteiger partial charge in [-0.05, 0) is 18.9 Å². The van der Waals surface area contributed by atoms with Gasteiger partial charge in [0.15, 0.2) is 5.96 Å². The van der Waals surface area contributed by atoms with Crippen LogP contribution in [0.15, 0.2) is 35.3 Å². The number of hydrogen-bond acceptors (Lipinski definition) is 4.